The summed E-state index contributed by atoms with van der Waals surface area (Å²) >= 11 is 0. The molecular weight excluding hydrogens is 322 g/mol. The number of carbonyl (C=O) groups is 1. The van der Waals surface area contributed by atoms with E-state index in [0.29, 0.717) is 18.9 Å². The maximum atomic E-state index is 12.6. The van der Waals surface area contributed by atoms with Gasteiger partial charge >= 0.3 is 0 Å². The van der Waals surface area contributed by atoms with Crippen molar-refractivity contribution in [3.63, 3.8) is 0 Å². The molecule has 0 spiro atoms. The van der Waals surface area contributed by atoms with E-state index in [2.05, 4.69) is 19.2 Å². The van der Waals surface area contributed by atoms with E-state index in [0.717, 1.165) is 21.9 Å². The van der Waals surface area contributed by atoms with Gasteiger partial charge in [-0.25, -0.2) is 0 Å². The van der Waals surface area contributed by atoms with Crippen molar-refractivity contribution in [3.05, 3.63) is 77.9 Å². The van der Waals surface area contributed by atoms with Crippen molar-refractivity contribution in [2.45, 2.75) is 26.2 Å². The fourth-order valence-electron chi connectivity index (χ4n) is 3.30. The number of nitrogens with one attached hydrogen (secondary N) is 1. The number of phenolic OH excluding ortho intramolecular Hbond substituents is 1. The number of aromatic hydroxyl groups is 1. The molecular formula is C23H25NO2. The molecule has 0 aliphatic carbocycles. The Morgan fingerprint density at radius 2 is 1.65 bits per heavy atom. The minimum absolute atomic E-state index is 0.000104. The molecule has 1 atom stereocenters. The SMILES string of the molecule is CC(C)CNC(=O)C[C@H](c1ccccc1)c1c(O)ccc2ccccc12. The zero-order chi connectivity index (χ0) is 18.5. The van der Waals surface area contributed by atoms with E-state index >= 15 is 0 Å². The second-order valence-electron chi connectivity index (χ2n) is 7.08. The topological polar surface area (TPSA) is 49.3 Å². The van der Waals surface area contributed by atoms with Crippen LogP contribution in [0.4, 0.5) is 0 Å². The van der Waals surface area contributed by atoms with Crippen LogP contribution in [-0.2, 0) is 4.79 Å². The van der Waals surface area contributed by atoms with E-state index in [1.165, 1.54) is 0 Å². The largest absolute Gasteiger partial charge is 0.508 e. The van der Waals surface area contributed by atoms with Gasteiger partial charge in [-0.3, -0.25) is 4.79 Å². The second kappa shape index (κ2) is 8.05. The molecule has 3 rings (SSSR count). The summed E-state index contributed by atoms with van der Waals surface area (Å²) < 4.78 is 0. The van der Waals surface area contributed by atoms with Crippen molar-refractivity contribution >= 4 is 16.7 Å². The molecule has 0 unspecified atom stereocenters. The molecule has 0 radical (unpaired) electrons. The average molecular weight is 347 g/mol. The molecule has 26 heavy (non-hydrogen) atoms. The minimum atomic E-state index is -0.200. The van der Waals surface area contributed by atoms with Crippen LogP contribution in [0.25, 0.3) is 10.8 Å². The number of benzene rings is 3. The lowest BCUT2D eigenvalue weighted by Crippen LogP contribution is -2.28. The number of rotatable bonds is 6. The number of carbonyl (C=O) groups excluding carboxylic acids is 1. The first kappa shape index (κ1) is 18.0. The Morgan fingerprint density at radius 1 is 0.962 bits per heavy atom. The maximum absolute atomic E-state index is 12.6. The lowest BCUT2D eigenvalue weighted by atomic mass is 9.84. The lowest BCUT2D eigenvalue weighted by Gasteiger charge is -2.21. The lowest BCUT2D eigenvalue weighted by molar-refractivity contribution is -0.121. The van der Waals surface area contributed by atoms with E-state index in [9.17, 15) is 9.90 Å². The molecule has 0 saturated carbocycles. The van der Waals surface area contributed by atoms with E-state index < -0.39 is 0 Å². The summed E-state index contributed by atoms with van der Waals surface area (Å²) in [4.78, 5) is 12.6. The standard InChI is InChI=1S/C23H25NO2/c1-16(2)15-24-22(26)14-20(17-8-4-3-5-9-17)23-19-11-7-6-10-18(19)12-13-21(23)25/h3-13,16,20,25H,14-15H2,1-2H3,(H,24,26)/t20-/m1/s1. The third-order valence-electron chi connectivity index (χ3n) is 4.60. The molecule has 0 aliphatic rings. The summed E-state index contributed by atoms with van der Waals surface area (Å²) in [6.07, 6.45) is 0.304. The molecule has 0 aromatic heterocycles. The van der Waals surface area contributed by atoms with Crippen LogP contribution in [0, 0.1) is 5.92 Å². The van der Waals surface area contributed by atoms with E-state index in [4.69, 9.17) is 0 Å². The van der Waals surface area contributed by atoms with Crippen LogP contribution in [0.15, 0.2) is 66.7 Å². The minimum Gasteiger partial charge on any atom is -0.508 e. The van der Waals surface area contributed by atoms with Gasteiger partial charge in [-0.05, 0) is 28.3 Å². The molecule has 3 nitrogen and oxygen atoms in total. The predicted octanol–water partition coefficient (Wildman–Crippen LogP) is 4.84. The molecule has 3 aromatic carbocycles. The van der Waals surface area contributed by atoms with Crippen molar-refractivity contribution in [2.24, 2.45) is 5.92 Å². The van der Waals surface area contributed by atoms with Gasteiger partial charge in [-0.15, -0.1) is 0 Å². The molecule has 0 aliphatic heterocycles. The average Bonchev–Trinajstić information content (AvgIpc) is 2.65. The number of hydrogen-bond donors (Lipinski definition) is 2. The molecule has 2 N–H and O–H groups in total. The quantitative estimate of drug-likeness (QED) is 0.670. The first-order chi connectivity index (χ1) is 12.6. The summed E-state index contributed by atoms with van der Waals surface area (Å²) in [6.45, 7) is 4.80. The Kier molecular flexibility index (Phi) is 5.57. The Hall–Kier alpha value is -2.81. The molecule has 3 heteroatoms. The Labute approximate surface area is 154 Å². The van der Waals surface area contributed by atoms with Gasteiger partial charge in [-0.1, -0.05) is 74.5 Å². The van der Waals surface area contributed by atoms with E-state index in [-0.39, 0.29) is 17.6 Å². The first-order valence-corrected chi connectivity index (χ1v) is 9.08. The van der Waals surface area contributed by atoms with Crippen LogP contribution in [0.1, 0.15) is 37.3 Å². The van der Waals surface area contributed by atoms with E-state index in [1.807, 2.05) is 60.7 Å². The van der Waals surface area contributed by atoms with Crippen LogP contribution in [0.5, 0.6) is 5.75 Å². The van der Waals surface area contributed by atoms with Crippen LogP contribution >= 0.6 is 0 Å². The van der Waals surface area contributed by atoms with Gasteiger partial charge in [-0.2, -0.15) is 0 Å². The summed E-state index contributed by atoms with van der Waals surface area (Å²) in [7, 11) is 0. The first-order valence-electron chi connectivity index (χ1n) is 9.08. The fraction of sp³-hybridized carbons (Fsp3) is 0.261. The Balaban J connectivity index is 2.04. The third-order valence-corrected chi connectivity index (χ3v) is 4.60. The van der Waals surface area contributed by atoms with Crippen LogP contribution < -0.4 is 5.32 Å². The van der Waals surface area contributed by atoms with Gasteiger partial charge in [0.2, 0.25) is 5.91 Å². The van der Waals surface area contributed by atoms with Gasteiger partial charge in [0.15, 0.2) is 0 Å². The highest BCUT2D eigenvalue weighted by Gasteiger charge is 2.23. The summed E-state index contributed by atoms with van der Waals surface area (Å²) in [5.41, 5.74) is 1.84. The van der Waals surface area contributed by atoms with Crippen LogP contribution in [0.3, 0.4) is 0 Å². The fourth-order valence-corrected chi connectivity index (χ4v) is 3.30. The molecule has 0 heterocycles. The number of hydrogen-bond acceptors (Lipinski definition) is 2. The summed E-state index contributed by atoms with van der Waals surface area (Å²) in [6, 6.07) is 21.5. The van der Waals surface area contributed by atoms with Crippen molar-refractivity contribution in [2.75, 3.05) is 6.54 Å². The summed E-state index contributed by atoms with van der Waals surface area (Å²) in [5, 5.41) is 15.7. The molecule has 0 saturated heterocycles. The highest BCUT2D eigenvalue weighted by Crippen LogP contribution is 2.39. The van der Waals surface area contributed by atoms with Crippen LogP contribution in [0.2, 0.25) is 0 Å². The Bertz CT molecular complexity index is 887. The molecule has 134 valence electrons. The second-order valence-corrected chi connectivity index (χ2v) is 7.08. The normalized spacial score (nSPS) is 12.3. The smallest absolute Gasteiger partial charge is 0.220 e. The maximum Gasteiger partial charge on any atom is 0.220 e. The summed E-state index contributed by atoms with van der Waals surface area (Å²) in [5.74, 6) is 0.434. The van der Waals surface area contributed by atoms with Crippen molar-refractivity contribution in [3.8, 4) is 5.75 Å². The highest BCUT2D eigenvalue weighted by atomic mass is 16.3. The van der Waals surface area contributed by atoms with Crippen molar-refractivity contribution in [1.29, 1.82) is 0 Å². The number of phenols is 1. The van der Waals surface area contributed by atoms with Gasteiger partial charge in [0.1, 0.15) is 5.75 Å². The molecule has 0 bridgehead atoms. The molecule has 3 aromatic rings. The number of amides is 1. The monoisotopic (exact) mass is 347 g/mol. The van der Waals surface area contributed by atoms with Crippen molar-refractivity contribution < 1.29 is 9.90 Å². The zero-order valence-electron chi connectivity index (χ0n) is 15.3. The van der Waals surface area contributed by atoms with Gasteiger partial charge < -0.3 is 10.4 Å². The third kappa shape index (κ3) is 4.05. The Morgan fingerprint density at radius 3 is 2.38 bits per heavy atom. The van der Waals surface area contributed by atoms with E-state index in [1.54, 1.807) is 6.07 Å². The van der Waals surface area contributed by atoms with Crippen molar-refractivity contribution in [1.82, 2.24) is 5.32 Å². The molecule has 0 fully saturated rings. The van der Waals surface area contributed by atoms with Gasteiger partial charge in [0.25, 0.3) is 0 Å². The van der Waals surface area contributed by atoms with Gasteiger partial charge in [0, 0.05) is 24.4 Å². The zero-order valence-corrected chi connectivity index (χ0v) is 15.3. The predicted molar refractivity (Wildman–Crippen MR) is 106 cm³/mol. The number of fused-ring (bicyclic) bond motifs is 1. The molecule has 1 amide bonds. The highest BCUT2D eigenvalue weighted by molar-refractivity contribution is 5.89. The van der Waals surface area contributed by atoms with Crippen LogP contribution in [-0.4, -0.2) is 17.6 Å². The van der Waals surface area contributed by atoms with Gasteiger partial charge in [0.05, 0.1) is 0 Å².